The molecule has 34 heavy (non-hydrogen) atoms. The van der Waals surface area contributed by atoms with Crippen LogP contribution < -0.4 is 10.9 Å². The summed E-state index contributed by atoms with van der Waals surface area (Å²) >= 11 is 6.11. The van der Waals surface area contributed by atoms with Gasteiger partial charge in [0, 0.05) is 17.1 Å². The molecule has 1 heterocycles. The van der Waals surface area contributed by atoms with Crippen molar-refractivity contribution in [3.05, 3.63) is 69.7 Å². The maximum Gasteiger partial charge on any atom is 0.318 e. The molecule has 6 nitrogen and oxygen atoms in total. The van der Waals surface area contributed by atoms with Gasteiger partial charge in [-0.05, 0) is 70.5 Å². The third-order valence-corrected chi connectivity index (χ3v) is 5.97. The first-order valence-corrected chi connectivity index (χ1v) is 12.4. The molecule has 182 valence electrons. The predicted octanol–water partition coefficient (Wildman–Crippen LogP) is 6.49. The first-order chi connectivity index (χ1) is 16.1. The fourth-order valence-electron chi connectivity index (χ4n) is 3.98. The standard InChI is InChI=1S/C27H35ClN4O2/c1-6-7-8-11-18-31(26(34)30-27(3,4)5)19(2)24-29-23-13-10-9-12-22(23)25(33)32(24)21-16-14-20(28)15-17-21/h9-10,12-17,19H,6-8,11,18H2,1-5H3,(H,30,34). The zero-order valence-corrected chi connectivity index (χ0v) is 21.5. The molecule has 1 N–H and O–H groups in total. The number of amides is 2. The summed E-state index contributed by atoms with van der Waals surface area (Å²) in [7, 11) is 0. The summed E-state index contributed by atoms with van der Waals surface area (Å²) in [6.07, 6.45) is 4.16. The third kappa shape index (κ3) is 6.17. The highest BCUT2D eigenvalue weighted by Gasteiger charge is 2.28. The van der Waals surface area contributed by atoms with Gasteiger partial charge in [-0.3, -0.25) is 9.36 Å². The largest absolute Gasteiger partial charge is 0.333 e. The topological polar surface area (TPSA) is 67.2 Å². The predicted molar refractivity (Wildman–Crippen MR) is 140 cm³/mol. The van der Waals surface area contributed by atoms with E-state index in [1.807, 2.05) is 45.9 Å². The Morgan fingerprint density at radius 1 is 1.09 bits per heavy atom. The van der Waals surface area contributed by atoms with Crippen molar-refractivity contribution in [3.63, 3.8) is 0 Å². The van der Waals surface area contributed by atoms with E-state index in [1.165, 1.54) is 0 Å². The number of hydrogen-bond acceptors (Lipinski definition) is 3. The van der Waals surface area contributed by atoms with Crippen molar-refractivity contribution in [3.8, 4) is 5.69 Å². The van der Waals surface area contributed by atoms with Crippen LogP contribution in [0.3, 0.4) is 0 Å². The SMILES string of the molecule is CCCCCCN(C(=O)NC(C)(C)C)C(C)c1nc2ccccc2c(=O)n1-c1ccc(Cl)cc1. The van der Waals surface area contributed by atoms with Gasteiger partial charge in [-0.1, -0.05) is 49.9 Å². The van der Waals surface area contributed by atoms with Crippen molar-refractivity contribution in [2.45, 2.75) is 71.9 Å². The van der Waals surface area contributed by atoms with Gasteiger partial charge in [0.15, 0.2) is 0 Å². The fourth-order valence-corrected chi connectivity index (χ4v) is 4.11. The normalized spacial score (nSPS) is 12.5. The van der Waals surface area contributed by atoms with E-state index in [2.05, 4.69) is 12.2 Å². The number of benzene rings is 2. The minimum atomic E-state index is -0.433. The Morgan fingerprint density at radius 3 is 2.41 bits per heavy atom. The van der Waals surface area contributed by atoms with E-state index in [0.29, 0.717) is 34.0 Å². The molecule has 3 aromatic rings. The summed E-state index contributed by atoms with van der Waals surface area (Å²) in [6.45, 7) is 10.6. The van der Waals surface area contributed by atoms with Crippen LogP contribution in [0.5, 0.6) is 0 Å². The lowest BCUT2D eigenvalue weighted by molar-refractivity contribution is 0.165. The average Bonchev–Trinajstić information content (AvgIpc) is 2.78. The lowest BCUT2D eigenvalue weighted by atomic mass is 10.1. The van der Waals surface area contributed by atoms with Crippen LogP contribution in [0.1, 0.15) is 72.2 Å². The highest BCUT2D eigenvalue weighted by Crippen LogP contribution is 2.25. The molecule has 1 unspecified atom stereocenters. The number of rotatable bonds is 8. The van der Waals surface area contributed by atoms with E-state index in [9.17, 15) is 9.59 Å². The Morgan fingerprint density at radius 2 is 1.76 bits per heavy atom. The van der Waals surface area contributed by atoms with Crippen molar-refractivity contribution >= 4 is 28.5 Å². The van der Waals surface area contributed by atoms with Crippen molar-refractivity contribution in [2.75, 3.05) is 6.54 Å². The number of hydrogen-bond donors (Lipinski definition) is 1. The van der Waals surface area contributed by atoms with Crippen molar-refractivity contribution in [1.29, 1.82) is 0 Å². The van der Waals surface area contributed by atoms with Gasteiger partial charge in [0.05, 0.1) is 22.6 Å². The van der Waals surface area contributed by atoms with Crippen LogP contribution in [0.15, 0.2) is 53.3 Å². The second-order valence-corrected chi connectivity index (χ2v) is 10.2. The van der Waals surface area contributed by atoms with E-state index in [4.69, 9.17) is 16.6 Å². The summed E-state index contributed by atoms with van der Waals surface area (Å²) in [5, 5.41) is 4.20. The molecule has 0 bridgehead atoms. The van der Waals surface area contributed by atoms with Gasteiger partial charge < -0.3 is 10.2 Å². The van der Waals surface area contributed by atoms with Crippen LogP contribution >= 0.6 is 11.6 Å². The molecule has 1 atom stereocenters. The minimum Gasteiger partial charge on any atom is -0.333 e. The summed E-state index contributed by atoms with van der Waals surface area (Å²) in [6, 6.07) is 13.8. The number of carbonyl (C=O) groups is 1. The van der Waals surface area contributed by atoms with E-state index in [0.717, 1.165) is 25.7 Å². The lowest BCUT2D eigenvalue weighted by Gasteiger charge is -2.33. The molecule has 0 aliphatic rings. The molecule has 0 fully saturated rings. The molecular weight excluding hydrogens is 448 g/mol. The Balaban J connectivity index is 2.13. The molecule has 0 aliphatic carbocycles. The van der Waals surface area contributed by atoms with Crippen molar-refractivity contribution < 1.29 is 4.79 Å². The fraction of sp³-hybridized carbons (Fsp3) is 0.444. The Kier molecular flexibility index (Phi) is 8.37. The van der Waals surface area contributed by atoms with Crippen LogP contribution in [0, 0.1) is 0 Å². The van der Waals surface area contributed by atoms with E-state index in [-0.39, 0.29) is 17.1 Å². The van der Waals surface area contributed by atoms with Crippen LogP contribution in [0.25, 0.3) is 16.6 Å². The van der Waals surface area contributed by atoms with Gasteiger partial charge in [0.2, 0.25) is 0 Å². The molecule has 0 saturated carbocycles. The summed E-state index contributed by atoms with van der Waals surface area (Å²) in [4.78, 5) is 33.7. The number of halogens is 1. The number of para-hydroxylation sites is 1. The molecule has 2 aromatic carbocycles. The zero-order valence-electron chi connectivity index (χ0n) is 20.8. The number of nitrogens with zero attached hydrogens (tertiary/aromatic N) is 3. The van der Waals surface area contributed by atoms with E-state index in [1.54, 1.807) is 39.8 Å². The first kappa shape index (κ1) is 25.8. The number of unbranched alkanes of at least 4 members (excludes halogenated alkanes) is 3. The summed E-state index contributed by atoms with van der Waals surface area (Å²) < 4.78 is 1.60. The van der Waals surface area contributed by atoms with E-state index < -0.39 is 6.04 Å². The Bertz CT molecular complexity index is 1180. The highest BCUT2D eigenvalue weighted by atomic mass is 35.5. The minimum absolute atomic E-state index is 0.165. The average molecular weight is 483 g/mol. The molecule has 7 heteroatoms. The van der Waals surface area contributed by atoms with Crippen molar-refractivity contribution in [1.82, 2.24) is 19.8 Å². The van der Waals surface area contributed by atoms with Gasteiger partial charge in [0.1, 0.15) is 5.82 Å². The third-order valence-electron chi connectivity index (χ3n) is 5.72. The number of urea groups is 1. The second-order valence-electron chi connectivity index (χ2n) is 9.71. The zero-order chi connectivity index (χ0) is 24.9. The number of nitrogens with one attached hydrogen (secondary N) is 1. The molecule has 3 rings (SSSR count). The maximum absolute atomic E-state index is 13.6. The summed E-state index contributed by atoms with van der Waals surface area (Å²) in [5.74, 6) is 0.519. The maximum atomic E-state index is 13.6. The van der Waals surface area contributed by atoms with Gasteiger partial charge in [-0.15, -0.1) is 0 Å². The van der Waals surface area contributed by atoms with Crippen LogP contribution in [0.4, 0.5) is 4.79 Å². The Labute approximate surface area is 206 Å². The highest BCUT2D eigenvalue weighted by molar-refractivity contribution is 6.30. The van der Waals surface area contributed by atoms with Gasteiger partial charge in [0.25, 0.3) is 5.56 Å². The lowest BCUT2D eigenvalue weighted by Crippen LogP contribution is -2.50. The van der Waals surface area contributed by atoms with Gasteiger partial charge >= 0.3 is 6.03 Å². The molecular formula is C27H35ClN4O2. The molecule has 1 aromatic heterocycles. The van der Waals surface area contributed by atoms with Crippen molar-refractivity contribution in [2.24, 2.45) is 0 Å². The number of carbonyl (C=O) groups excluding carboxylic acids is 1. The molecule has 0 saturated heterocycles. The van der Waals surface area contributed by atoms with E-state index >= 15 is 0 Å². The van der Waals surface area contributed by atoms with Crippen LogP contribution in [-0.4, -0.2) is 32.6 Å². The Hall–Kier alpha value is -2.86. The molecule has 0 spiro atoms. The quantitative estimate of drug-likeness (QED) is 0.373. The smallest absolute Gasteiger partial charge is 0.318 e. The summed E-state index contributed by atoms with van der Waals surface area (Å²) in [5.41, 5.74) is 0.723. The van der Waals surface area contributed by atoms with Gasteiger partial charge in [-0.25, -0.2) is 9.78 Å². The van der Waals surface area contributed by atoms with Crippen LogP contribution in [0.2, 0.25) is 5.02 Å². The van der Waals surface area contributed by atoms with Crippen LogP contribution in [-0.2, 0) is 0 Å². The molecule has 0 aliphatic heterocycles. The molecule has 0 radical (unpaired) electrons. The number of aromatic nitrogens is 2. The molecule has 2 amide bonds. The monoisotopic (exact) mass is 482 g/mol. The second kappa shape index (κ2) is 11.0. The van der Waals surface area contributed by atoms with Gasteiger partial charge in [-0.2, -0.15) is 0 Å². The number of fused-ring (bicyclic) bond motifs is 1. The first-order valence-electron chi connectivity index (χ1n) is 12.0.